The minimum atomic E-state index is -0.466. The molecule has 2 aliphatic heterocycles. The van der Waals surface area contributed by atoms with E-state index in [1.54, 1.807) is 11.1 Å². The molecule has 4 aromatic rings. The summed E-state index contributed by atoms with van der Waals surface area (Å²) in [5.41, 5.74) is 11.8. The highest BCUT2D eigenvalue weighted by Crippen LogP contribution is 2.37. The fourth-order valence-electron chi connectivity index (χ4n) is 6.07. The number of nitrogens with two attached hydrogens (primary N) is 1. The average Bonchev–Trinajstić information content (AvgIpc) is 3.59. The van der Waals surface area contributed by atoms with E-state index in [2.05, 4.69) is 63.4 Å². The van der Waals surface area contributed by atoms with Gasteiger partial charge in [0.1, 0.15) is 18.5 Å². The molecule has 0 radical (unpaired) electrons. The molecule has 39 heavy (non-hydrogen) atoms. The highest BCUT2D eigenvalue weighted by molar-refractivity contribution is 5.91. The maximum atomic E-state index is 12.1. The van der Waals surface area contributed by atoms with Gasteiger partial charge in [-0.1, -0.05) is 17.3 Å². The van der Waals surface area contributed by atoms with Crippen molar-refractivity contribution in [2.75, 3.05) is 43.5 Å². The van der Waals surface area contributed by atoms with E-state index in [9.17, 15) is 9.90 Å². The minimum absolute atomic E-state index is 0.0805. The van der Waals surface area contributed by atoms with Crippen LogP contribution in [0.15, 0.2) is 42.9 Å². The SMILES string of the molecule is CC1CN(C(=O)CO)CC(C)N1c1cccc(-c2cc(-c3cnnn3C3CCOCC3)c3c(N)ncnn23)c1. The van der Waals surface area contributed by atoms with E-state index in [0.29, 0.717) is 37.6 Å². The van der Waals surface area contributed by atoms with E-state index in [4.69, 9.17) is 10.5 Å². The lowest BCUT2D eigenvalue weighted by Crippen LogP contribution is -2.58. The van der Waals surface area contributed by atoms with Crippen LogP contribution in [0.5, 0.6) is 0 Å². The highest BCUT2D eigenvalue weighted by Gasteiger charge is 2.32. The van der Waals surface area contributed by atoms with Gasteiger partial charge in [0, 0.05) is 55.2 Å². The van der Waals surface area contributed by atoms with Crippen molar-refractivity contribution in [1.29, 1.82) is 0 Å². The van der Waals surface area contributed by atoms with Gasteiger partial charge < -0.3 is 25.4 Å². The number of hydrogen-bond acceptors (Lipinski definition) is 9. The number of carbonyl (C=O) groups excluding carboxylic acids is 1. The molecule has 3 N–H and O–H groups in total. The minimum Gasteiger partial charge on any atom is -0.387 e. The number of aliphatic hydroxyl groups excluding tert-OH is 1. The van der Waals surface area contributed by atoms with Crippen LogP contribution in [0.4, 0.5) is 11.5 Å². The molecule has 204 valence electrons. The first-order valence-electron chi connectivity index (χ1n) is 13.3. The molecule has 2 aliphatic rings. The van der Waals surface area contributed by atoms with Gasteiger partial charge in [-0.3, -0.25) is 4.79 Å². The van der Waals surface area contributed by atoms with Crippen molar-refractivity contribution in [3.05, 3.63) is 42.9 Å². The van der Waals surface area contributed by atoms with Gasteiger partial charge in [-0.15, -0.1) is 5.10 Å². The molecule has 0 bridgehead atoms. The van der Waals surface area contributed by atoms with E-state index < -0.39 is 6.61 Å². The lowest BCUT2D eigenvalue weighted by atomic mass is 10.0. The smallest absolute Gasteiger partial charge is 0.248 e. The zero-order valence-electron chi connectivity index (χ0n) is 22.1. The van der Waals surface area contributed by atoms with Gasteiger partial charge in [-0.25, -0.2) is 14.2 Å². The molecule has 3 aromatic heterocycles. The molecular formula is C27H33N9O3. The van der Waals surface area contributed by atoms with Crippen LogP contribution < -0.4 is 10.6 Å². The summed E-state index contributed by atoms with van der Waals surface area (Å²) in [5, 5.41) is 22.6. The van der Waals surface area contributed by atoms with E-state index >= 15 is 0 Å². The fourth-order valence-corrected chi connectivity index (χ4v) is 6.07. The number of amides is 1. The molecule has 2 atom stereocenters. The number of aromatic nitrogens is 6. The van der Waals surface area contributed by atoms with Gasteiger partial charge in [0.2, 0.25) is 5.91 Å². The predicted octanol–water partition coefficient (Wildman–Crippen LogP) is 2.01. The lowest BCUT2D eigenvalue weighted by molar-refractivity contribution is -0.135. The second-order valence-electron chi connectivity index (χ2n) is 10.4. The van der Waals surface area contributed by atoms with Gasteiger partial charge in [-0.05, 0) is 44.9 Å². The number of ether oxygens (including phenoxy) is 1. The van der Waals surface area contributed by atoms with Crippen LogP contribution in [-0.2, 0) is 9.53 Å². The number of piperazine rings is 1. The summed E-state index contributed by atoms with van der Waals surface area (Å²) >= 11 is 0. The van der Waals surface area contributed by atoms with Crippen molar-refractivity contribution in [3.63, 3.8) is 0 Å². The number of nitrogen functional groups attached to an aromatic ring is 1. The Bertz CT molecular complexity index is 1480. The summed E-state index contributed by atoms with van der Waals surface area (Å²) in [5.74, 6) is 0.148. The fraction of sp³-hybridized carbons (Fsp3) is 0.444. The topological polar surface area (TPSA) is 140 Å². The van der Waals surface area contributed by atoms with Crippen molar-refractivity contribution in [2.24, 2.45) is 0 Å². The van der Waals surface area contributed by atoms with Gasteiger partial charge in [-0.2, -0.15) is 5.10 Å². The summed E-state index contributed by atoms with van der Waals surface area (Å²) in [4.78, 5) is 20.5. The third-order valence-corrected chi connectivity index (χ3v) is 7.82. The molecule has 6 rings (SSSR count). The van der Waals surface area contributed by atoms with E-state index in [1.165, 1.54) is 6.33 Å². The molecule has 5 heterocycles. The molecule has 0 aliphatic carbocycles. The maximum Gasteiger partial charge on any atom is 0.248 e. The monoisotopic (exact) mass is 531 g/mol. The van der Waals surface area contributed by atoms with Crippen LogP contribution in [0.3, 0.4) is 0 Å². The summed E-state index contributed by atoms with van der Waals surface area (Å²) in [6.07, 6.45) is 4.98. The first-order chi connectivity index (χ1) is 19.0. The number of aliphatic hydroxyl groups is 1. The summed E-state index contributed by atoms with van der Waals surface area (Å²) in [6.45, 7) is 6.24. The standard InChI is InChI=1S/C27H33N9O3/c1-17-13-33(25(38)15-37)14-18(2)34(17)21-5-3-4-19(10-21)23-11-22(26-27(28)29-16-31-36(23)26)24-12-30-32-35(24)20-6-8-39-9-7-20/h3-5,10-12,16-18,20,37H,6-9,13-15H2,1-2H3,(H2,28,29,31). The predicted molar refractivity (Wildman–Crippen MR) is 146 cm³/mol. The van der Waals surface area contributed by atoms with Gasteiger partial charge in [0.15, 0.2) is 5.82 Å². The Morgan fingerprint density at radius 3 is 2.64 bits per heavy atom. The van der Waals surface area contributed by atoms with E-state index in [1.807, 2.05) is 15.3 Å². The quantitative estimate of drug-likeness (QED) is 0.396. The zero-order chi connectivity index (χ0) is 27.1. The number of rotatable bonds is 5. The molecule has 2 fully saturated rings. The Morgan fingerprint density at radius 1 is 1.13 bits per heavy atom. The van der Waals surface area contributed by atoms with Crippen molar-refractivity contribution in [2.45, 2.75) is 44.8 Å². The molecule has 1 amide bonds. The number of nitrogens with zero attached hydrogens (tertiary/aromatic N) is 8. The second-order valence-corrected chi connectivity index (χ2v) is 10.4. The molecule has 2 saturated heterocycles. The Labute approximate surface area is 226 Å². The third kappa shape index (κ3) is 4.49. The average molecular weight is 532 g/mol. The first kappa shape index (κ1) is 25.3. The van der Waals surface area contributed by atoms with E-state index in [-0.39, 0.29) is 24.0 Å². The molecular weight excluding hydrogens is 498 g/mol. The largest absolute Gasteiger partial charge is 0.387 e. The van der Waals surface area contributed by atoms with Crippen molar-refractivity contribution in [3.8, 4) is 22.5 Å². The number of hydrogen-bond donors (Lipinski definition) is 2. The van der Waals surface area contributed by atoms with Crippen molar-refractivity contribution in [1.82, 2.24) is 34.5 Å². The zero-order valence-corrected chi connectivity index (χ0v) is 22.1. The van der Waals surface area contributed by atoms with E-state index in [0.717, 1.165) is 41.0 Å². The summed E-state index contributed by atoms with van der Waals surface area (Å²) in [7, 11) is 0. The maximum absolute atomic E-state index is 12.1. The normalized spacial score (nSPS) is 20.6. The van der Waals surface area contributed by atoms with Crippen molar-refractivity contribution < 1.29 is 14.6 Å². The summed E-state index contributed by atoms with van der Waals surface area (Å²) in [6, 6.07) is 10.8. The molecule has 12 heteroatoms. The lowest BCUT2D eigenvalue weighted by Gasteiger charge is -2.45. The number of carbonyl (C=O) groups is 1. The Kier molecular flexibility index (Phi) is 6.65. The molecule has 12 nitrogen and oxygen atoms in total. The number of benzene rings is 1. The second kappa shape index (κ2) is 10.3. The first-order valence-corrected chi connectivity index (χ1v) is 13.3. The van der Waals surface area contributed by atoms with Gasteiger partial charge in [0.25, 0.3) is 0 Å². The van der Waals surface area contributed by atoms with Crippen molar-refractivity contribution >= 4 is 22.9 Å². The Morgan fingerprint density at radius 2 is 1.90 bits per heavy atom. The van der Waals surface area contributed by atoms with Gasteiger partial charge >= 0.3 is 0 Å². The highest BCUT2D eigenvalue weighted by atomic mass is 16.5. The molecule has 0 spiro atoms. The number of anilines is 2. The van der Waals surface area contributed by atoms with Crippen LogP contribution in [-0.4, -0.2) is 90.5 Å². The van der Waals surface area contributed by atoms with Gasteiger partial charge in [0.05, 0.1) is 23.6 Å². The molecule has 1 aromatic carbocycles. The number of fused-ring (bicyclic) bond motifs is 1. The molecule has 0 saturated carbocycles. The third-order valence-electron chi connectivity index (χ3n) is 7.82. The summed E-state index contributed by atoms with van der Waals surface area (Å²) < 4.78 is 9.36. The Balaban J connectivity index is 1.40. The Hall–Kier alpha value is -4.03. The van der Waals surface area contributed by atoms with Crippen LogP contribution in [0, 0.1) is 0 Å². The van der Waals surface area contributed by atoms with Crippen LogP contribution in [0.1, 0.15) is 32.7 Å². The van der Waals surface area contributed by atoms with Crippen LogP contribution in [0.2, 0.25) is 0 Å². The van der Waals surface area contributed by atoms with Crippen LogP contribution in [0.25, 0.3) is 28.0 Å². The van der Waals surface area contributed by atoms with Crippen LogP contribution >= 0.6 is 0 Å². The molecule has 2 unspecified atom stereocenters.